The third-order valence-electron chi connectivity index (χ3n) is 4.95. The van der Waals surface area contributed by atoms with Crippen molar-refractivity contribution in [1.29, 1.82) is 0 Å². The van der Waals surface area contributed by atoms with Crippen molar-refractivity contribution in [3.05, 3.63) is 44.8 Å². The second kappa shape index (κ2) is 12.0. The van der Waals surface area contributed by atoms with Crippen LogP contribution in [0.5, 0.6) is 0 Å². The molecule has 7 heteroatoms. The molecule has 2 N–H and O–H groups in total. The Kier molecular flexibility index (Phi) is 10.1. The van der Waals surface area contributed by atoms with Crippen LogP contribution in [-0.2, 0) is 6.54 Å². The summed E-state index contributed by atoms with van der Waals surface area (Å²) in [6.07, 6.45) is 2.59. The molecule has 2 unspecified atom stereocenters. The van der Waals surface area contributed by atoms with Crippen molar-refractivity contribution in [2.24, 2.45) is 10.9 Å². The Labute approximate surface area is 188 Å². The van der Waals surface area contributed by atoms with Crippen LogP contribution in [0.15, 0.2) is 40.0 Å². The monoisotopic (exact) mass is 518 g/mol. The number of hydrogen-bond acceptors (Lipinski definition) is 4. The summed E-state index contributed by atoms with van der Waals surface area (Å²) in [4.78, 5) is 9.88. The third kappa shape index (κ3) is 7.36. The van der Waals surface area contributed by atoms with Gasteiger partial charge in [-0.15, -0.1) is 46.7 Å². The fraction of sp³-hybridized carbons (Fsp3) is 0.550. The van der Waals surface area contributed by atoms with Gasteiger partial charge >= 0.3 is 0 Å². The van der Waals surface area contributed by atoms with Crippen LogP contribution in [0.4, 0.5) is 0 Å². The predicted octanol–water partition coefficient (Wildman–Crippen LogP) is 4.61. The topological polar surface area (TPSA) is 39.7 Å². The van der Waals surface area contributed by atoms with Crippen molar-refractivity contribution in [3.8, 4) is 0 Å². The van der Waals surface area contributed by atoms with Gasteiger partial charge in [-0.05, 0) is 48.2 Å². The molecule has 0 amide bonds. The molecule has 0 spiro atoms. The summed E-state index contributed by atoms with van der Waals surface area (Å²) in [5, 5.41) is 11.3. The molecule has 3 heterocycles. The highest BCUT2D eigenvalue weighted by atomic mass is 127. The Hall–Kier alpha value is -0.640. The first-order valence-electron chi connectivity index (χ1n) is 9.47. The van der Waals surface area contributed by atoms with Gasteiger partial charge in [0.25, 0.3) is 0 Å². The lowest BCUT2D eigenvalue weighted by Crippen LogP contribution is -2.44. The molecule has 0 aliphatic carbocycles. The van der Waals surface area contributed by atoms with Gasteiger partial charge in [0.05, 0.1) is 0 Å². The van der Waals surface area contributed by atoms with Gasteiger partial charge in [0, 0.05) is 48.9 Å². The summed E-state index contributed by atoms with van der Waals surface area (Å²) in [6.45, 7) is 7.66. The summed E-state index contributed by atoms with van der Waals surface area (Å²) < 4.78 is 0. The van der Waals surface area contributed by atoms with E-state index in [0.717, 1.165) is 25.6 Å². The first kappa shape index (κ1) is 22.6. The van der Waals surface area contributed by atoms with Crippen molar-refractivity contribution in [2.75, 3.05) is 33.2 Å². The first-order chi connectivity index (χ1) is 12.7. The molecule has 1 aliphatic heterocycles. The molecule has 2 aromatic heterocycles. The molecule has 0 bridgehead atoms. The van der Waals surface area contributed by atoms with Crippen LogP contribution >= 0.6 is 46.7 Å². The number of likely N-dealkylation sites (tertiary alicyclic amines) is 1. The van der Waals surface area contributed by atoms with Gasteiger partial charge in [-0.2, -0.15) is 0 Å². The summed E-state index contributed by atoms with van der Waals surface area (Å²) in [6, 6.07) is 8.72. The van der Waals surface area contributed by atoms with Gasteiger partial charge in [0.1, 0.15) is 0 Å². The van der Waals surface area contributed by atoms with E-state index in [4.69, 9.17) is 0 Å². The van der Waals surface area contributed by atoms with Crippen molar-refractivity contribution >= 4 is 52.6 Å². The van der Waals surface area contributed by atoms with Gasteiger partial charge < -0.3 is 10.6 Å². The Bertz CT molecular complexity index is 658. The van der Waals surface area contributed by atoms with Crippen molar-refractivity contribution in [2.45, 2.75) is 32.2 Å². The molecular weight excluding hydrogens is 487 g/mol. The number of nitrogens with zero attached hydrogens (tertiary/aromatic N) is 2. The fourth-order valence-electron chi connectivity index (χ4n) is 3.47. The fourth-order valence-corrected chi connectivity index (χ4v) is 5.00. The van der Waals surface area contributed by atoms with E-state index < -0.39 is 0 Å². The zero-order valence-corrected chi connectivity index (χ0v) is 20.2. The summed E-state index contributed by atoms with van der Waals surface area (Å²) in [7, 11) is 1.86. The quantitative estimate of drug-likeness (QED) is 0.320. The Morgan fingerprint density at radius 3 is 2.78 bits per heavy atom. The van der Waals surface area contributed by atoms with Gasteiger partial charge in [0.2, 0.25) is 0 Å². The van der Waals surface area contributed by atoms with E-state index in [9.17, 15) is 0 Å². The standard InChI is InChI=1S/C20H30N4S2.HI/c1-16(19-8-5-11-26-19)12-22-20(21-2)23-13-17-6-3-9-24(14-17)15-18-7-4-10-25-18;/h4-5,7-8,10-11,16-17H,3,6,9,12-15H2,1-2H3,(H2,21,22,23);1H. The van der Waals surface area contributed by atoms with Crippen LogP contribution in [0.25, 0.3) is 0 Å². The van der Waals surface area contributed by atoms with E-state index in [-0.39, 0.29) is 24.0 Å². The van der Waals surface area contributed by atoms with E-state index in [1.54, 1.807) is 0 Å². The molecule has 27 heavy (non-hydrogen) atoms. The van der Waals surface area contributed by atoms with Crippen LogP contribution < -0.4 is 10.6 Å². The van der Waals surface area contributed by atoms with E-state index in [0.29, 0.717) is 11.8 Å². The number of thiophene rings is 2. The minimum atomic E-state index is 0. The number of rotatable bonds is 7. The highest BCUT2D eigenvalue weighted by molar-refractivity contribution is 14.0. The second-order valence-electron chi connectivity index (χ2n) is 7.07. The van der Waals surface area contributed by atoms with Gasteiger partial charge in [-0.25, -0.2) is 0 Å². The Morgan fingerprint density at radius 1 is 1.26 bits per heavy atom. The SMILES string of the molecule is CN=C(NCC1CCCN(Cc2cccs2)C1)NCC(C)c1cccs1.I. The maximum Gasteiger partial charge on any atom is 0.191 e. The highest BCUT2D eigenvalue weighted by Crippen LogP contribution is 2.21. The van der Waals surface area contributed by atoms with E-state index in [2.05, 4.69) is 62.5 Å². The number of aliphatic imine (C=N–C) groups is 1. The minimum absolute atomic E-state index is 0. The zero-order valence-electron chi connectivity index (χ0n) is 16.2. The Balaban J connectivity index is 0.00000261. The molecule has 1 fully saturated rings. The maximum atomic E-state index is 4.39. The molecular formula is C20H31IN4S2. The van der Waals surface area contributed by atoms with Crippen LogP contribution in [0.3, 0.4) is 0 Å². The Morgan fingerprint density at radius 2 is 2.07 bits per heavy atom. The third-order valence-corrected chi connectivity index (χ3v) is 6.91. The molecule has 3 rings (SSSR count). The largest absolute Gasteiger partial charge is 0.356 e. The minimum Gasteiger partial charge on any atom is -0.356 e. The molecule has 0 saturated carbocycles. The molecule has 4 nitrogen and oxygen atoms in total. The average molecular weight is 519 g/mol. The second-order valence-corrected chi connectivity index (χ2v) is 9.08. The normalized spacial score (nSPS) is 19.3. The van der Waals surface area contributed by atoms with Crippen molar-refractivity contribution in [3.63, 3.8) is 0 Å². The van der Waals surface area contributed by atoms with Gasteiger partial charge in [-0.3, -0.25) is 9.89 Å². The average Bonchev–Trinajstić information content (AvgIpc) is 3.36. The molecule has 0 radical (unpaired) electrons. The van der Waals surface area contributed by atoms with Crippen LogP contribution in [-0.4, -0.2) is 44.1 Å². The number of guanidine groups is 1. The zero-order chi connectivity index (χ0) is 18.2. The molecule has 2 aromatic rings. The lowest BCUT2D eigenvalue weighted by atomic mass is 9.98. The number of hydrogen-bond donors (Lipinski definition) is 2. The van der Waals surface area contributed by atoms with Crippen LogP contribution in [0, 0.1) is 5.92 Å². The predicted molar refractivity (Wildman–Crippen MR) is 130 cm³/mol. The highest BCUT2D eigenvalue weighted by Gasteiger charge is 2.20. The molecule has 0 aromatic carbocycles. The van der Waals surface area contributed by atoms with Crippen LogP contribution in [0.2, 0.25) is 0 Å². The molecule has 1 aliphatic rings. The van der Waals surface area contributed by atoms with Crippen LogP contribution in [0.1, 0.15) is 35.4 Å². The molecule has 150 valence electrons. The maximum absolute atomic E-state index is 4.39. The number of piperidine rings is 1. The number of nitrogens with one attached hydrogen (secondary N) is 2. The summed E-state index contributed by atoms with van der Waals surface area (Å²) >= 11 is 3.69. The van der Waals surface area contributed by atoms with Crippen molar-refractivity contribution in [1.82, 2.24) is 15.5 Å². The number of halogens is 1. The smallest absolute Gasteiger partial charge is 0.191 e. The lowest BCUT2D eigenvalue weighted by molar-refractivity contribution is 0.169. The molecule has 1 saturated heterocycles. The summed E-state index contributed by atoms with van der Waals surface area (Å²) in [5.74, 6) is 2.12. The van der Waals surface area contributed by atoms with Gasteiger partial charge in [0.15, 0.2) is 5.96 Å². The molecule has 2 atom stereocenters. The van der Waals surface area contributed by atoms with Crippen molar-refractivity contribution < 1.29 is 0 Å². The van der Waals surface area contributed by atoms with E-state index in [1.807, 2.05) is 29.7 Å². The van der Waals surface area contributed by atoms with E-state index in [1.165, 1.54) is 35.7 Å². The first-order valence-corrected chi connectivity index (χ1v) is 11.2. The van der Waals surface area contributed by atoms with E-state index >= 15 is 0 Å². The summed E-state index contributed by atoms with van der Waals surface area (Å²) in [5.41, 5.74) is 0. The lowest BCUT2D eigenvalue weighted by Gasteiger charge is -2.32. The van der Waals surface area contributed by atoms with Gasteiger partial charge in [-0.1, -0.05) is 19.1 Å².